The van der Waals surface area contributed by atoms with E-state index in [-0.39, 0.29) is 11.9 Å². The number of sulfonamides is 1. The number of hydrogen-bond acceptors (Lipinski definition) is 4. The Balaban J connectivity index is 1.62. The molecule has 1 saturated heterocycles. The second-order valence-corrected chi connectivity index (χ2v) is 7.88. The van der Waals surface area contributed by atoms with E-state index < -0.39 is 15.8 Å². The highest BCUT2D eigenvalue weighted by Crippen LogP contribution is 2.22. The molecule has 0 saturated carbocycles. The maximum atomic E-state index is 13.2. The maximum Gasteiger partial charge on any atom is 0.218 e. The lowest BCUT2D eigenvalue weighted by molar-refractivity contribution is 0.214. The molecule has 2 aromatic rings. The SMILES string of the molecule is Cc1ccc(O[C@@H]2CCN(S(=O)(=O)Cc3cccc(F)c3)C2)cn1. The molecular formula is C17H19FN2O3S. The summed E-state index contributed by atoms with van der Waals surface area (Å²) < 4.78 is 45.4. The molecule has 2 heterocycles. The summed E-state index contributed by atoms with van der Waals surface area (Å²) in [6.45, 7) is 2.59. The van der Waals surface area contributed by atoms with Crippen molar-refractivity contribution in [3.05, 3.63) is 59.7 Å². The van der Waals surface area contributed by atoms with Crippen molar-refractivity contribution in [1.29, 1.82) is 0 Å². The van der Waals surface area contributed by atoms with Crippen LogP contribution in [0.15, 0.2) is 42.6 Å². The number of aromatic nitrogens is 1. The minimum atomic E-state index is -3.49. The zero-order chi connectivity index (χ0) is 17.2. The molecule has 7 heteroatoms. The lowest BCUT2D eigenvalue weighted by Gasteiger charge is -2.17. The lowest BCUT2D eigenvalue weighted by Crippen LogP contribution is -2.32. The molecule has 0 bridgehead atoms. The number of hydrogen-bond donors (Lipinski definition) is 0. The van der Waals surface area contributed by atoms with Gasteiger partial charge < -0.3 is 4.74 Å². The van der Waals surface area contributed by atoms with E-state index in [1.807, 2.05) is 19.1 Å². The first-order chi connectivity index (χ1) is 11.4. The summed E-state index contributed by atoms with van der Waals surface area (Å²) in [6.07, 6.45) is 2.06. The van der Waals surface area contributed by atoms with E-state index in [4.69, 9.17) is 4.74 Å². The Morgan fingerprint density at radius 1 is 1.33 bits per heavy atom. The highest BCUT2D eigenvalue weighted by molar-refractivity contribution is 7.88. The van der Waals surface area contributed by atoms with Gasteiger partial charge in [0.25, 0.3) is 0 Å². The summed E-state index contributed by atoms with van der Waals surface area (Å²) >= 11 is 0. The Kier molecular flexibility index (Phi) is 4.82. The Morgan fingerprint density at radius 2 is 2.17 bits per heavy atom. The highest BCUT2D eigenvalue weighted by Gasteiger charge is 2.32. The zero-order valence-corrected chi connectivity index (χ0v) is 14.2. The molecule has 0 unspecified atom stereocenters. The van der Waals surface area contributed by atoms with Crippen molar-refractivity contribution >= 4 is 10.0 Å². The van der Waals surface area contributed by atoms with Gasteiger partial charge in [-0.05, 0) is 43.2 Å². The molecule has 128 valence electrons. The average molecular weight is 350 g/mol. The fraction of sp³-hybridized carbons (Fsp3) is 0.353. The van der Waals surface area contributed by atoms with Crippen LogP contribution in [0.5, 0.6) is 5.75 Å². The molecule has 0 radical (unpaired) electrons. The van der Waals surface area contributed by atoms with Crippen molar-refractivity contribution < 1.29 is 17.5 Å². The maximum absolute atomic E-state index is 13.2. The van der Waals surface area contributed by atoms with E-state index in [2.05, 4.69) is 4.98 Å². The molecule has 3 rings (SSSR count). The summed E-state index contributed by atoms with van der Waals surface area (Å²) in [5, 5.41) is 0. The van der Waals surface area contributed by atoms with E-state index in [0.29, 0.717) is 30.8 Å². The smallest absolute Gasteiger partial charge is 0.218 e. The van der Waals surface area contributed by atoms with Gasteiger partial charge in [-0.1, -0.05) is 12.1 Å². The Bertz CT molecular complexity index is 809. The number of halogens is 1. The molecule has 1 aliphatic heterocycles. The number of rotatable bonds is 5. The molecule has 1 aliphatic rings. The minimum Gasteiger partial charge on any atom is -0.487 e. The normalized spacial score (nSPS) is 18.7. The van der Waals surface area contributed by atoms with Gasteiger partial charge in [-0.3, -0.25) is 4.98 Å². The van der Waals surface area contributed by atoms with Gasteiger partial charge in [0.15, 0.2) is 0 Å². The first-order valence-electron chi connectivity index (χ1n) is 7.74. The minimum absolute atomic E-state index is 0.197. The molecule has 0 aliphatic carbocycles. The van der Waals surface area contributed by atoms with Crippen LogP contribution in [-0.2, 0) is 15.8 Å². The number of aryl methyl sites for hydroxylation is 1. The molecule has 0 amide bonds. The highest BCUT2D eigenvalue weighted by atomic mass is 32.2. The molecule has 0 N–H and O–H groups in total. The Labute approximate surface area is 141 Å². The topological polar surface area (TPSA) is 59.5 Å². The van der Waals surface area contributed by atoms with Gasteiger partial charge in [-0.2, -0.15) is 4.31 Å². The first kappa shape index (κ1) is 16.9. The van der Waals surface area contributed by atoms with Gasteiger partial charge >= 0.3 is 0 Å². The van der Waals surface area contributed by atoms with Crippen LogP contribution in [0.2, 0.25) is 0 Å². The lowest BCUT2D eigenvalue weighted by atomic mass is 10.2. The van der Waals surface area contributed by atoms with Gasteiger partial charge in [0.1, 0.15) is 17.7 Å². The van der Waals surface area contributed by atoms with Gasteiger partial charge in [0.05, 0.1) is 18.5 Å². The summed E-state index contributed by atoms with van der Waals surface area (Å²) in [5.74, 6) is -0.00370. The number of ether oxygens (including phenoxy) is 1. The summed E-state index contributed by atoms with van der Waals surface area (Å²) in [5.41, 5.74) is 1.34. The van der Waals surface area contributed by atoms with Gasteiger partial charge in [-0.25, -0.2) is 12.8 Å². The van der Waals surface area contributed by atoms with Crippen molar-refractivity contribution in [1.82, 2.24) is 9.29 Å². The third kappa shape index (κ3) is 4.10. The zero-order valence-electron chi connectivity index (χ0n) is 13.4. The monoisotopic (exact) mass is 350 g/mol. The first-order valence-corrected chi connectivity index (χ1v) is 9.35. The van der Waals surface area contributed by atoms with E-state index in [1.54, 1.807) is 12.3 Å². The van der Waals surface area contributed by atoms with Crippen LogP contribution in [-0.4, -0.2) is 36.9 Å². The van der Waals surface area contributed by atoms with Crippen molar-refractivity contribution in [3.8, 4) is 5.75 Å². The van der Waals surface area contributed by atoms with E-state index in [1.165, 1.54) is 22.5 Å². The van der Waals surface area contributed by atoms with Crippen molar-refractivity contribution in [2.45, 2.75) is 25.2 Å². The predicted molar refractivity (Wildman–Crippen MR) is 88.6 cm³/mol. The van der Waals surface area contributed by atoms with Crippen molar-refractivity contribution in [2.75, 3.05) is 13.1 Å². The van der Waals surface area contributed by atoms with Crippen LogP contribution >= 0.6 is 0 Å². The van der Waals surface area contributed by atoms with Crippen LogP contribution < -0.4 is 4.74 Å². The molecule has 24 heavy (non-hydrogen) atoms. The van der Waals surface area contributed by atoms with Crippen LogP contribution in [0.4, 0.5) is 4.39 Å². The van der Waals surface area contributed by atoms with E-state index >= 15 is 0 Å². The van der Waals surface area contributed by atoms with E-state index in [0.717, 1.165) is 5.69 Å². The Morgan fingerprint density at radius 3 is 2.88 bits per heavy atom. The molecule has 1 fully saturated rings. The van der Waals surface area contributed by atoms with Gasteiger partial charge in [-0.15, -0.1) is 0 Å². The third-order valence-corrected chi connectivity index (χ3v) is 5.74. The molecule has 1 aromatic heterocycles. The van der Waals surface area contributed by atoms with E-state index in [9.17, 15) is 12.8 Å². The van der Waals surface area contributed by atoms with Crippen molar-refractivity contribution in [3.63, 3.8) is 0 Å². The second-order valence-electron chi connectivity index (χ2n) is 5.91. The average Bonchev–Trinajstić information content (AvgIpc) is 2.99. The third-order valence-electron chi connectivity index (χ3n) is 3.93. The van der Waals surface area contributed by atoms with Crippen LogP contribution in [0.3, 0.4) is 0 Å². The molecule has 1 atom stereocenters. The van der Waals surface area contributed by atoms with Crippen molar-refractivity contribution in [2.24, 2.45) is 0 Å². The molecular weight excluding hydrogens is 331 g/mol. The molecule has 0 spiro atoms. The summed E-state index contributed by atoms with van der Waals surface area (Å²) in [6, 6.07) is 9.35. The quantitative estimate of drug-likeness (QED) is 0.831. The van der Waals surface area contributed by atoms with Crippen LogP contribution in [0, 0.1) is 12.7 Å². The van der Waals surface area contributed by atoms with Crippen LogP contribution in [0.25, 0.3) is 0 Å². The summed E-state index contributed by atoms with van der Waals surface area (Å²) in [4.78, 5) is 4.16. The number of nitrogens with zero attached hydrogens (tertiary/aromatic N) is 2. The Hall–Kier alpha value is -1.99. The fourth-order valence-electron chi connectivity index (χ4n) is 2.69. The molecule has 1 aromatic carbocycles. The number of pyridine rings is 1. The molecule has 5 nitrogen and oxygen atoms in total. The van der Waals surface area contributed by atoms with Crippen LogP contribution in [0.1, 0.15) is 17.7 Å². The second kappa shape index (κ2) is 6.86. The largest absolute Gasteiger partial charge is 0.487 e. The number of benzene rings is 1. The predicted octanol–water partition coefficient (Wildman–Crippen LogP) is 2.51. The van der Waals surface area contributed by atoms with Gasteiger partial charge in [0.2, 0.25) is 10.0 Å². The fourth-order valence-corrected chi connectivity index (χ4v) is 4.25. The van der Waals surface area contributed by atoms with Gasteiger partial charge in [0, 0.05) is 12.2 Å². The standard InChI is InChI=1S/C17H19FN2O3S/c1-13-5-6-16(10-19-13)23-17-7-8-20(11-17)24(21,22)12-14-3-2-4-15(18)9-14/h2-6,9-10,17H,7-8,11-12H2,1H3/t17-/m1/s1. The summed E-state index contributed by atoms with van der Waals surface area (Å²) in [7, 11) is -3.49.